The summed E-state index contributed by atoms with van der Waals surface area (Å²) < 4.78 is 38.8. The zero-order valence-electron chi connectivity index (χ0n) is 15.0. The van der Waals surface area contributed by atoms with Crippen LogP contribution in [0.3, 0.4) is 0 Å². The summed E-state index contributed by atoms with van der Waals surface area (Å²) >= 11 is 0. The molecule has 3 rings (SSSR count). The van der Waals surface area contributed by atoms with Crippen LogP contribution in [0.2, 0.25) is 0 Å². The number of hydrogen-bond acceptors (Lipinski definition) is 5. The van der Waals surface area contributed by atoms with Crippen LogP contribution in [0.15, 0.2) is 23.1 Å². The number of nitrogens with zero attached hydrogens (tertiary/aromatic N) is 1. The second kappa shape index (κ2) is 7.93. The summed E-state index contributed by atoms with van der Waals surface area (Å²) in [6.45, 7) is 9.11. The van der Waals surface area contributed by atoms with Crippen molar-refractivity contribution in [3.05, 3.63) is 18.2 Å². The Labute approximate surface area is 150 Å². The van der Waals surface area contributed by atoms with Gasteiger partial charge in [0.1, 0.15) is 13.2 Å². The van der Waals surface area contributed by atoms with Gasteiger partial charge < -0.3 is 14.4 Å². The average molecular weight is 368 g/mol. The summed E-state index contributed by atoms with van der Waals surface area (Å²) in [5.41, 5.74) is 0. The molecular formula is C18H28N2O4S. The summed E-state index contributed by atoms with van der Waals surface area (Å²) in [7, 11) is -3.52. The van der Waals surface area contributed by atoms with Gasteiger partial charge in [0.25, 0.3) is 0 Å². The van der Waals surface area contributed by atoms with Crippen molar-refractivity contribution in [1.82, 2.24) is 9.62 Å². The topological polar surface area (TPSA) is 67.9 Å². The molecule has 1 N–H and O–H groups in total. The maximum absolute atomic E-state index is 12.6. The van der Waals surface area contributed by atoms with Crippen LogP contribution in [0.1, 0.15) is 26.7 Å². The van der Waals surface area contributed by atoms with Crippen molar-refractivity contribution in [3.8, 4) is 11.5 Å². The molecule has 0 amide bonds. The Hall–Kier alpha value is -1.31. The SMILES string of the molecule is CC(C)CN1CCC(CNS(=O)(=O)c2ccc3c(c2)OCCO3)CC1. The van der Waals surface area contributed by atoms with Gasteiger partial charge in [-0.1, -0.05) is 13.8 Å². The van der Waals surface area contributed by atoms with Gasteiger partial charge >= 0.3 is 0 Å². The van der Waals surface area contributed by atoms with Crippen LogP contribution in [0.25, 0.3) is 0 Å². The fourth-order valence-electron chi connectivity index (χ4n) is 3.39. The largest absolute Gasteiger partial charge is 0.486 e. The highest BCUT2D eigenvalue weighted by Gasteiger charge is 2.23. The van der Waals surface area contributed by atoms with E-state index in [1.165, 1.54) is 0 Å². The van der Waals surface area contributed by atoms with E-state index in [1.54, 1.807) is 18.2 Å². The normalized spacial score (nSPS) is 19.3. The van der Waals surface area contributed by atoms with E-state index < -0.39 is 10.0 Å². The van der Waals surface area contributed by atoms with Gasteiger partial charge in [-0.25, -0.2) is 13.1 Å². The first-order chi connectivity index (χ1) is 11.9. The molecule has 2 aliphatic rings. The van der Waals surface area contributed by atoms with Crippen LogP contribution in [0, 0.1) is 11.8 Å². The molecule has 1 aromatic rings. The molecule has 0 unspecified atom stereocenters. The molecule has 0 saturated carbocycles. The van der Waals surface area contributed by atoms with E-state index in [4.69, 9.17) is 9.47 Å². The van der Waals surface area contributed by atoms with Crippen molar-refractivity contribution >= 4 is 10.0 Å². The quantitative estimate of drug-likeness (QED) is 0.833. The third-order valence-corrected chi connectivity index (χ3v) is 6.14. The number of nitrogens with one attached hydrogen (secondary N) is 1. The van der Waals surface area contributed by atoms with Crippen molar-refractivity contribution in [2.75, 3.05) is 39.4 Å². The summed E-state index contributed by atoms with van der Waals surface area (Å²) in [5, 5.41) is 0. The fourth-order valence-corrected chi connectivity index (χ4v) is 4.52. The van der Waals surface area contributed by atoms with E-state index in [2.05, 4.69) is 23.5 Å². The zero-order chi connectivity index (χ0) is 17.9. The Morgan fingerprint density at radius 2 is 1.84 bits per heavy atom. The predicted octanol–water partition coefficient (Wildman–Crippen LogP) is 2.10. The molecule has 0 spiro atoms. The van der Waals surface area contributed by atoms with Crippen LogP contribution in [0.4, 0.5) is 0 Å². The zero-order valence-corrected chi connectivity index (χ0v) is 15.8. The molecule has 7 heteroatoms. The third-order valence-electron chi connectivity index (χ3n) is 4.72. The lowest BCUT2D eigenvalue weighted by Gasteiger charge is -2.33. The number of hydrogen-bond donors (Lipinski definition) is 1. The molecule has 1 aromatic carbocycles. The van der Waals surface area contributed by atoms with Crippen LogP contribution in [-0.2, 0) is 10.0 Å². The summed E-state index contributed by atoms with van der Waals surface area (Å²) in [6, 6.07) is 4.77. The van der Waals surface area contributed by atoms with E-state index in [0.29, 0.717) is 43.1 Å². The Morgan fingerprint density at radius 3 is 2.52 bits per heavy atom. The lowest BCUT2D eigenvalue weighted by Crippen LogP contribution is -2.40. The molecule has 0 radical (unpaired) electrons. The van der Waals surface area contributed by atoms with Gasteiger partial charge in [0.2, 0.25) is 10.0 Å². The molecule has 0 aliphatic carbocycles. The highest BCUT2D eigenvalue weighted by atomic mass is 32.2. The molecule has 0 aromatic heterocycles. The molecule has 0 atom stereocenters. The molecule has 1 saturated heterocycles. The second-order valence-corrected chi connectivity index (χ2v) is 9.06. The molecule has 1 fully saturated rings. The number of benzene rings is 1. The first-order valence-electron chi connectivity index (χ1n) is 9.06. The standard InChI is InChI=1S/C18H28N2O4S/c1-14(2)13-20-7-5-15(6-8-20)12-19-25(21,22)16-3-4-17-18(11-16)24-10-9-23-17/h3-4,11,14-15,19H,5-10,12-13H2,1-2H3. The van der Waals surface area contributed by atoms with Gasteiger partial charge in [-0.15, -0.1) is 0 Å². The van der Waals surface area contributed by atoms with Gasteiger partial charge in [-0.05, 0) is 49.9 Å². The van der Waals surface area contributed by atoms with Gasteiger partial charge in [-0.3, -0.25) is 0 Å². The molecular weight excluding hydrogens is 340 g/mol. The predicted molar refractivity (Wildman–Crippen MR) is 96.6 cm³/mol. The lowest BCUT2D eigenvalue weighted by molar-refractivity contribution is 0.169. The first kappa shape index (κ1) is 18.5. The maximum Gasteiger partial charge on any atom is 0.240 e. The fraction of sp³-hybridized carbons (Fsp3) is 0.667. The Kier molecular flexibility index (Phi) is 5.86. The van der Waals surface area contributed by atoms with Crippen molar-refractivity contribution in [2.24, 2.45) is 11.8 Å². The number of sulfonamides is 1. The molecule has 0 bridgehead atoms. The number of ether oxygens (including phenoxy) is 2. The highest BCUT2D eigenvalue weighted by molar-refractivity contribution is 7.89. The van der Waals surface area contributed by atoms with Crippen molar-refractivity contribution in [3.63, 3.8) is 0 Å². The van der Waals surface area contributed by atoms with Gasteiger partial charge in [0, 0.05) is 19.2 Å². The Morgan fingerprint density at radius 1 is 1.16 bits per heavy atom. The highest BCUT2D eigenvalue weighted by Crippen LogP contribution is 2.32. The molecule has 6 nitrogen and oxygen atoms in total. The molecule has 2 heterocycles. The molecule has 2 aliphatic heterocycles. The Bertz CT molecular complexity index is 682. The van der Waals surface area contributed by atoms with Crippen LogP contribution in [-0.4, -0.2) is 52.7 Å². The average Bonchev–Trinajstić information content (AvgIpc) is 2.60. The van der Waals surface area contributed by atoms with E-state index >= 15 is 0 Å². The summed E-state index contributed by atoms with van der Waals surface area (Å²) in [4.78, 5) is 2.70. The van der Waals surface area contributed by atoms with Gasteiger partial charge in [-0.2, -0.15) is 0 Å². The monoisotopic (exact) mass is 368 g/mol. The number of rotatable bonds is 6. The van der Waals surface area contributed by atoms with Crippen molar-refractivity contribution in [1.29, 1.82) is 0 Å². The third kappa shape index (κ3) is 4.86. The van der Waals surface area contributed by atoms with E-state index in [0.717, 1.165) is 32.5 Å². The minimum absolute atomic E-state index is 0.231. The van der Waals surface area contributed by atoms with Crippen LogP contribution >= 0.6 is 0 Å². The van der Waals surface area contributed by atoms with E-state index in [-0.39, 0.29) is 4.90 Å². The minimum Gasteiger partial charge on any atom is -0.486 e. The van der Waals surface area contributed by atoms with Crippen LogP contribution in [0.5, 0.6) is 11.5 Å². The summed E-state index contributed by atoms with van der Waals surface area (Å²) in [6.07, 6.45) is 2.08. The summed E-state index contributed by atoms with van der Waals surface area (Å²) in [5.74, 6) is 2.17. The van der Waals surface area contributed by atoms with Gasteiger partial charge in [0.15, 0.2) is 11.5 Å². The molecule has 25 heavy (non-hydrogen) atoms. The minimum atomic E-state index is -3.52. The number of likely N-dealkylation sites (tertiary alicyclic amines) is 1. The van der Waals surface area contributed by atoms with E-state index in [9.17, 15) is 8.42 Å². The van der Waals surface area contributed by atoms with E-state index in [1.807, 2.05) is 0 Å². The number of fused-ring (bicyclic) bond motifs is 1. The maximum atomic E-state index is 12.6. The second-order valence-electron chi connectivity index (χ2n) is 7.30. The van der Waals surface area contributed by atoms with Crippen LogP contribution < -0.4 is 14.2 Å². The van der Waals surface area contributed by atoms with Crippen molar-refractivity contribution in [2.45, 2.75) is 31.6 Å². The number of piperidine rings is 1. The Balaban J connectivity index is 1.54. The van der Waals surface area contributed by atoms with Crippen molar-refractivity contribution < 1.29 is 17.9 Å². The van der Waals surface area contributed by atoms with Gasteiger partial charge in [0.05, 0.1) is 4.90 Å². The lowest BCUT2D eigenvalue weighted by atomic mass is 9.96. The molecule has 140 valence electrons. The first-order valence-corrected chi connectivity index (χ1v) is 10.5. The smallest absolute Gasteiger partial charge is 0.240 e.